The van der Waals surface area contributed by atoms with Gasteiger partial charge in [0.1, 0.15) is 12.4 Å². The Kier molecular flexibility index (Phi) is 6.72. The van der Waals surface area contributed by atoms with Crippen molar-refractivity contribution in [2.45, 2.75) is 12.5 Å². The molecule has 0 amide bonds. The molecule has 5 rings (SSSR count). The van der Waals surface area contributed by atoms with Gasteiger partial charge in [-0.1, -0.05) is 48.0 Å². The molecule has 0 saturated carbocycles. The predicted molar refractivity (Wildman–Crippen MR) is 129 cm³/mol. The molecule has 1 aromatic heterocycles. The van der Waals surface area contributed by atoms with E-state index in [2.05, 4.69) is 34.1 Å². The molecule has 0 radical (unpaired) electrons. The lowest BCUT2D eigenvalue weighted by Crippen LogP contribution is -2.41. The van der Waals surface area contributed by atoms with Crippen LogP contribution < -0.4 is 4.74 Å². The molecule has 2 aliphatic rings. The molecule has 166 valence electrons. The molecule has 3 atom stereocenters. The number of fused-ring (bicyclic) bond motifs is 1. The number of aromatic nitrogens is 1. The molecule has 3 unspecified atom stereocenters. The number of nitrogens with zero attached hydrogens (tertiary/aromatic N) is 3. The molecule has 32 heavy (non-hydrogen) atoms. The quantitative estimate of drug-likeness (QED) is 0.500. The zero-order valence-corrected chi connectivity index (χ0v) is 19.1. The molecule has 2 saturated heterocycles. The van der Waals surface area contributed by atoms with Gasteiger partial charge in [0.15, 0.2) is 0 Å². The fraction of sp³-hybridized carbons (Fsp3) is 0.370. The lowest BCUT2D eigenvalue weighted by Gasteiger charge is -2.34. The molecule has 3 aromatic rings. The summed E-state index contributed by atoms with van der Waals surface area (Å²) >= 11 is 6.17. The third kappa shape index (κ3) is 4.98. The third-order valence-corrected chi connectivity index (χ3v) is 7.10. The summed E-state index contributed by atoms with van der Waals surface area (Å²) in [5.74, 6) is 2.40. The number of pyridine rings is 1. The summed E-state index contributed by atoms with van der Waals surface area (Å²) < 4.78 is 5.93. The monoisotopic (exact) mass is 447 g/mol. The van der Waals surface area contributed by atoms with Gasteiger partial charge in [-0.2, -0.15) is 0 Å². The lowest BCUT2D eigenvalue weighted by molar-refractivity contribution is 0.127. The van der Waals surface area contributed by atoms with E-state index in [0.717, 1.165) is 61.7 Å². The van der Waals surface area contributed by atoms with E-state index in [9.17, 15) is 0 Å². The topological polar surface area (TPSA) is 28.6 Å². The summed E-state index contributed by atoms with van der Waals surface area (Å²) in [6.45, 7) is 6.26. The van der Waals surface area contributed by atoms with Crippen molar-refractivity contribution >= 4 is 11.6 Å². The minimum Gasteiger partial charge on any atom is -0.492 e. The number of ether oxygens (including phenoxy) is 1. The summed E-state index contributed by atoms with van der Waals surface area (Å²) in [6, 6.07) is 24.8. The first kappa shape index (κ1) is 21.4. The van der Waals surface area contributed by atoms with Gasteiger partial charge in [-0.25, -0.2) is 0 Å². The Bertz CT molecular complexity index is 983. The Morgan fingerprint density at radius 3 is 2.47 bits per heavy atom. The first-order valence-electron chi connectivity index (χ1n) is 11.6. The molecule has 5 heteroatoms. The second-order valence-electron chi connectivity index (χ2n) is 8.93. The van der Waals surface area contributed by atoms with Gasteiger partial charge < -0.3 is 4.74 Å². The van der Waals surface area contributed by atoms with Gasteiger partial charge in [-0.3, -0.25) is 14.8 Å². The van der Waals surface area contributed by atoms with E-state index < -0.39 is 0 Å². The minimum atomic E-state index is 0.175. The SMILES string of the molecule is Clc1ccc(C(c2ccccn2)N2CC3CCN(CCOc4ccccc4)CC3C2)cc1. The molecular weight excluding hydrogens is 418 g/mol. The first-order chi connectivity index (χ1) is 15.8. The standard InChI is InChI=1S/C27H30ClN3O/c28-24-11-9-21(10-12-24)27(26-8-4-5-14-29-26)31-19-22-13-15-30(18-23(22)20-31)16-17-32-25-6-2-1-3-7-25/h1-12,14,22-23,27H,13,15-20H2. The normalized spacial score (nSPS) is 22.4. The van der Waals surface area contributed by atoms with Gasteiger partial charge in [0.2, 0.25) is 0 Å². The Morgan fingerprint density at radius 2 is 1.69 bits per heavy atom. The second-order valence-corrected chi connectivity index (χ2v) is 9.37. The van der Waals surface area contributed by atoms with Crippen LogP contribution in [-0.2, 0) is 0 Å². The van der Waals surface area contributed by atoms with Crippen LogP contribution in [0, 0.1) is 11.8 Å². The van der Waals surface area contributed by atoms with Gasteiger partial charge in [0, 0.05) is 37.4 Å². The summed E-state index contributed by atoms with van der Waals surface area (Å²) in [5.41, 5.74) is 2.38. The van der Waals surface area contributed by atoms with E-state index >= 15 is 0 Å². The van der Waals surface area contributed by atoms with Gasteiger partial charge >= 0.3 is 0 Å². The van der Waals surface area contributed by atoms with E-state index in [1.165, 1.54) is 12.0 Å². The summed E-state index contributed by atoms with van der Waals surface area (Å²) in [7, 11) is 0. The molecule has 0 N–H and O–H groups in total. The third-order valence-electron chi connectivity index (χ3n) is 6.85. The number of hydrogen-bond donors (Lipinski definition) is 0. The van der Waals surface area contributed by atoms with Crippen LogP contribution in [0.15, 0.2) is 79.0 Å². The molecule has 0 bridgehead atoms. The van der Waals surface area contributed by atoms with E-state index in [1.807, 2.05) is 54.7 Å². The van der Waals surface area contributed by atoms with Crippen molar-refractivity contribution in [2.24, 2.45) is 11.8 Å². The highest BCUT2D eigenvalue weighted by molar-refractivity contribution is 6.30. The summed E-state index contributed by atoms with van der Waals surface area (Å²) in [4.78, 5) is 9.93. The number of benzene rings is 2. The van der Waals surface area contributed by atoms with E-state index in [4.69, 9.17) is 21.3 Å². The number of para-hydroxylation sites is 1. The number of piperidine rings is 1. The predicted octanol–water partition coefficient (Wildman–Crippen LogP) is 5.16. The van der Waals surface area contributed by atoms with Crippen LogP contribution in [0.1, 0.15) is 23.7 Å². The van der Waals surface area contributed by atoms with E-state index in [1.54, 1.807) is 0 Å². The maximum absolute atomic E-state index is 6.17. The molecule has 2 fully saturated rings. The van der Waals surface area contributed by atoms with Crippen molar-refractivity contribution in [3.8, 4) is 5.75 Å². The van der Waals surface area contributed by atoms with Crippen LogP contribution in [-0.4, -0.2) is 54.1 Å². The van der Waals surface area contributed by atoms with Crippen LogP contribution in [0.4, 0.5) is 0 Å². The van der Waals surface area contributed by atoms with E-state index in [-0.39, 0.29) is 6.04 Å². The van der Waals surface area contributed by atoms with Crippen LogP contribution in [0.5, 0.6) is 5.75 Å². The van der Waals surface area contributed by atoms with Gasteiger partial charge in [-0.15, -0.1) is 0 Å². The number of hydrogen-bond acceptors (Lipinski definition) is 4. The van der Waals surface area contributed by atoms with Crippen LogP contribution in [0.2, 0.25) is 5.02 Å². The Morgan fingerprint density at radius 1 is 0.906 bits per heavy atom. The smallest absolute Gasteiger partial charge is 0.119 e. The maximum atomic E-state index is 6.17. The Labute approximate surface area is 195 Å². The number of likely N-dealkylation sites (tertiary alicyclic amines) is 2. The zero-order chi connectivity index (χ0) is 21.8. The molecule has 4 nitrogen and oxygen atoms in total. The Balaban J connectivity index is 1.24. The molecule has 3 heterocycles. The van der Waals surface area contributed by atoms with Crippen LogP contribution in [0.25, 0.3) is 0 Å². The van der Waals surface area contributed by atoms with Crippen LogP contribution in [0.3, 0.4) is 0 Å². The largest absolute Gasteiger partial charge is 0.492 e. The number of halogens is 1. The highest BCUT2D eigenvalue weighted by Crippen LogP contribution is 2.38. The Hall–Kier alpha value is -2.40. The van der Waals surface area contributed by atoms with Gasteiger partial charge in [-0.05, 0) is 66.8 Å². The van der Waals surface area contributed by atoms with Crippen molar-refractivity contribution in [1.29, 1.82) is 0 Å². The highest BCUT2D eigenvalue weighted by atomic mass is 35.5. The zero-order valence-electron chi connectivity index (χ0n) is 18.3. The fourth-order valence-electron chi connectivity index (χ4n) is 5.25. The summed E-state index contributed by atoms with van der Waals surface area (Å²) in [5, 5.41) is 0.775. The average molecular weight is 448 g/mol. The molecule has 2 aromatic carbocycles. The fourth-order valence-corrected chi connectivity index (χ4v) is 5.38. The number of rotatable bonds is 7. The van der Waals surface area contributed by atoms with Crippen molar-refractivity contribution < 1.29 is 4.74 Å². The lowest BCUT2D eigenvalue weighted by atomic mass is 9.89. The highest BCUT2D eigenvalue weighted by Gasteiger charge is 2.40. The summed E-state index contributed by atoms with van der Waals surface area (Å²) in [6.07, 6.45) is 3.15. The van der Waals surface area contributed by atoms with Crippen LogP contribution >= 0.6 is 11.6 Å². The molecular formula is C27H30ClN3O. The molecule has 2 aliphatic heterocycles. The van der Waals surface area contributed by atoms with E-state index in [0.29, 0.717) is 5.92 Å². The minimum absolute atomic E-state index is 0.175. The van der Waals surface area contributed by atoms with Gasteiger partial charge in [0.05, 0.1) is 11.7 Å². The van der Waals surface area contributed by atoms with Crippen molar-refractivity contribution in [3.63, 3.8) is 0 Å². The average Bonchev–Trinajstić information content (AvgIpc) is 3.25. The second kappa shape index (κ2) is 10.0. The maximum Gasteiger partial charge on any atom is 0.119 e. The van der Waals surface area contributed by atoms with Crippen molar-refractivity contribution in [3.05, 3.63) is 95.3 Å². The van der Waals surface area contributed by atoms with Gasteiger partial charge in [0.25, 0.3) is 0 Å². The van der Waals surface area contributed by atoms with Crippen molar-refractivity contribution in [1.82, 2.24) is 14.8 Å². The molecule has 0 spiro atoms. The molecule has 0 aliphatic carbocycles. The van der Waals surface area contributed by atoms with Crippen molar-refractivity contribution in [2.75, 3.05) is 39.3 Å². The first-order valence-corrected chi connectivity index (χ1v) is 11.9.